The summed E-state index contributed by atoms with van der Waals surface area (Å²) < 4.78 is 11.5. The summed E-state index contributed by atoms with van der Waals surface area (Å²) in [5.41, 5.74) is 5.70. The summed E-state index contributed by atoms with van der Waals surface area (Å²) in [6.45, 7) is 7.13. The molecule has 8 heteroatoms. The first kappa shape index (κ1) is 24.9. The Bertz CT molecular complexity index is 1380. The molecule has 0 saturated carbocycles. The average Bonchev–Trinajstić information content (AvgIpc) is 2.86. The molecule has 0 bridgehead atoms. The molecule has 36 heavy (non-hydrogen) atoms. The lowest BCUT2D eigenvalue weighted by atomic mass is 9.94. The Balaban J connectivity index is 1.56. The number of hydrogen-bond donors (Lipinski definition) is 3. The van der Waals surface area contributed by atoms with Crippen LogP contribution in [-0.2, 0) is 9.59 Å². The quantitative estimate of drug-likeness (QED) is 0.233. The zero-order chi connectivity index (χ0) is 25.8. The smallest absolute Gasteiger partial charge is 0.308 e. The fourth-order valence-electron chi connectivity index (χ4n) is 3.98. The molecule has 184 valence electrons. The van der Waals surface area contributed by atoms with E-state index in [0.717, 1.165) is 27.9 Å². The van der Waals surface area contributed by atoms with Gasteiger partial charge in [-0.3, -0.25) is 9.59 Å². The van der Waals surface area contributed by atoms with E-state index < -0.39 is 5.97 Å². The third-order valence-corrected chi connectivity index (χ3v) is 6.12. The van der Waals surface area contributed by atoms with Gasteiger partial charge in [-0.25, -0.2) is 0 Å². The highest BCUT2D eigenvalue weighted by molar-refractivity contribution is 7.80. The summed E-state index contributed by atoms with van der Waals surface area (Å²) >= 11 is 5.44. The lowest BCUT2D eigenvalue weighted by Crippen LogP contribution is -2.24. The van der Waals surface area contributed by atoms with Gasteiger partial charge >= 0.3 is 5.97 Å². The number of thiocarbonyl (C=S) groups is 1. The predicted octanol–water partition coefficient (Wildman–Crippen LogP) is 5.76. The molecule has 0 unspecified atom stereocenters. The molecule has 0 spiro atoms. The Morgan fingerprint density at radius 1 is 0.861 bits per heavy atom. The number of para-hydroxylation sites is 3. The molecule has 3 N–H and O–H groups in total. The van der Waals surface area contributed by atoms with Gasteiger partial charge in [-0.15, -0.1) is 0 Å². The minimum atomic E-state index is -0.400. The molecule has 1 amide bonds. The second-order valence-corrected chi connectivity index (χ2v) is 8.85. The van der Waals surface area contributed by atoms with Gasteiger partial charge in [-0.1, -0.05) is 30.3 Å². The Kier molecular flexibility index (Phi) is 7.36. The van der Waals surface area contributed by atoms with Gasteiger partial charge in [-0.05, 0) is 74.5 Å². The van der Waals surface area contributed by atoms with Crippen molar-refractivity contribution in [2.45, 2.75) is 27.7 Å². The normalized spacial score (nSPS) is 11.9. The fourth-order valence-corrected chi connectivity index (χ4v) is 4.21. The SMILES string of the molecule is CC(=O)Oc1c(C)c(C)c2c(c1C)C=C(C(=O)Nc1ccccc1NC(=S)Nc1ccccc1)CO2. The number of esters is 1. The third-order valence-electron chi connectivity index (χ3n) is 5.92. The summed E-state index contributed by atoms with van der Waals surface area (Å²) in [5.74, 6) is 0.484. The van der Waals surface area contributed by atoms with Gasteiger partial charge in [0, 0.05) is 23.7 Å². The minimum absolute atomic E-state index is 0.120. The molecule has 0 atom stereocenters. The highest BCUT2D eigenvalue weighted by atomic mass is 32.1. The van der Waals surface area contributed by atoms with Crippen molar-refractivity contribution in [3.8, 4) is 11.5 Å². The first-order valence-electron chi connectivity index (χ1n) is 11.4. The van der Waals surface area contributed by atoms with Crippen LogP contribution in [0.4, 0.5) is 17.1 Å². The number of anilines is 3. The van der Waals surface area contributed by atoms with Crippen molar-refractivity contribution in [3.63, 3.8) is 0 Å². The van der Waals surface area contributed by atoms with Crippen molar-refractivity contribution in [1.82, 2.24) is 0 Å². The van der Waals surface area contributed by atoms with Crippen molar-refractivity contribution < 1.29 is 19.1 Å². The molecular weight excluding hydrogens is 474 g/mol. The van der Waals surface area contributed by atoms with E-state index in [4.69, 9.17) is 21.7 Å². The van der Waals surface area contributed by atoms with E-state index >= 15 is 0 Å². The van der Waals surface area contributed by atoms with E-state index in [0.29, 0.717) is 33.6 Å². The summed E-state index contributed by atoms with van der Waals surface area (Å²) in [6, 6.07) is 16.9. The molecule has 0 fully saturated rings. The third kappa shape index (κ3) is 5.39. The van der Waals surface area contributed by atoms with E-state index in [2.05, 4.69) is 16.0 Å². The Morgan fingerprint density at radius 2 is 1.50 bits per heavy atom. The van der Waals surface area contributed by atoms with Crippen molar-refractivity contribution in [2.24, 2.45) is 0 Å². The summed E-state index contributed by atoms with van der Waals surface area (Å²) in [6.07, 6.45) is 1.79. The van der Waals surface area contributed by atoms with E-state index in [-0.39, 0.29) is 12.5 Å². The standard InChI is InChI=1S/C28H27N3O4S/c1-16-17(2)26-22(18(3)25(16)35-19(4)32)14-20(15-34-26)27(33)30-23-12-8-9-13-24(23)31-28(36)29-21-10-6-5-7-11-21/h5-14H,15H2,1-4H3,(H,30,33)(H2,29,31,36). The fraction of sp³-hybridized carbons (Fsp3) is 0.179. The van der Waals surface area contributed by atoms with Crippen molar-refractivity contribution in [2.75, 3.05) is 22.6 Å². The number of carbonyl (C=O) groups is 2. The van der Waals surface area contributed by atoms with Crippen LogP contribution in [0.1, 0.15) is 29.2 Å². The highest BCUT2D eigenvalue weighted by Crippen LogP contribution is 2.41. The molecule has 0 aromatic heterocycles. The van der Waals surface area contributed by atoms with Crippen LogP contribution in [0.2, 0.25) is 0 Å². The van der Waals surface area contributed by atoms with Gasteiger partial charge in [0.1, 0.15) is 18.1 Å². The lowest BCUT2D eigenvalue weighted by molar-refractivity contribution is -0.132. The van der Waals surface area contributed by atoms with E-state index in [9.17, 15) is 9.59 Å². The Labute approximate surface area is 215 Å². The zero-order valence-corrected chi connectivity index (χ0v) is 21.3. The molecule has 3 aromatic rings. The molecule has 4 rings (SSSR count). The first-order chi connectivity index (χ1) is 17.2. The van der Waals surface area contributed by atoms with E-state index in [1.807, 2.05) is 69.3 Å². The molecule has 0 radical (unpaired) electrons. The molecule has 1 heterocycles. The number of hydrogen-bond acceptors (Lipinski definition) is 5. The zero-order valence-electron chi connectivity index (χ0n) is 20.5. The summed E-state index contributed by atoms with van der Waals surface area (Å²) in [5, 5.41) is 9.61. The van der Waals surface area contributed by atoms with Gasteiger partial charge in [0.2, 0.25) is 0 Å². The summed E-state index contributed by atoms with van der Waals surface area (Å²) in [7, 11) is 0. The Hall–Kier alpha value is -4.17. The highest BCUT2D eigenvalue weighted by Gasteiger charge is 2.25. The topological polar surface area (TPSA) is 88.7 Å². The van der Waals surface area contributed by atoms with Gasteiger partial charge < -0.3 is 25.4 Å². The van der Waals surface area contributed by atoms with Crippen LogP contribution in [0.3, 0.4) is 0 Å². The monoisotopic (exact) mass is 501 g/mol. The molecule has 1 aliphatic rings. The van der Waals surface area contributed by atoms with Crippen LogP contribution in [0, 0.1) is 20.8 Å². The Morgan fingerprint density at radius 3 is 2.17 bits per heavy atom. The largest absolute Gasteiger partial charge is 0.488 e. The molecular formula is C28H27N3O4S. The molecule has 0 saturated heterocycles. The second-order valence-electron chi connectivity index (χ2n) is 8.44. The number of nitrogens with one attached hydrogen (secondary N) is 3. The van der Waals surface area contributed by atoms with Crippen LogP contribution in [0.15, 0.2) is 60.2 Å². The predicted molar refractivity (Wildman–Crippen MR) is 147 cm³/mol. The lowest BCUT2D eigenvalue weighted by Gasteiger charge is -2.24. The number of amides is 1. The van der Waals surface area contributed by atoms with Gasteiger partial charge in [0.15, 0.2) is 5.11 Å². The number of ether oxygens (including phenoxy) is 2. The number of fused-ring (bicyclic) bond motifs is 1. The van der Waals surface area contributed by atoms with Crippen LogP contribution in [0.25, 0.3) is 6.08 Å². The average molecular weight is 502 g/mol. The molecule has 0 aliphatic carbocycles. The van der Waals surface area contributed by atoms with Gasteiger partial charge in [0.25, 0.3) is 5.91 Å². The van der Waals surface area contributed by atoms with Crippen molar-refractivity contribution in [1.29, 1.82) is 0 Å². The number of rotatable bonds is 5. The first-order valence-corrected chi connectivity index (χ1v) is 11.8. The molecule has 3 aromatic carbocycles. The van der Waals surface area contributed by atoms with E-state index in [1.54, 1.807) is 12.1 Å². The van der Waals surface area contributed by atoms with Gasteiger partial charge in [0.05, 0.1) is 16.9 Å². The second kappa shape index (κ2) is 10.6. The molecule has 1 aliphatic heterocycles. The maximum absolute atomic E-state index is 13.2. The summed E-state index contributed by atoms with van der Waals surface area (Å²) in [4.78, 5) is 24.8. The van der Waals surface area contributed by atoms with Gasteiger partial charge in [-0.2, -0.15) is 0 Å². The number of benzene rings is 3. The van der Waals surface area contributed by atoms with Crippen LogP contribution >= 0.6 is 12.2 Å². The van der Waals surface area contributed by atoms with Crippen LogP contribution in [-0.4, -0.2) is 23.6 Å². The van der Waals surface area contributed by atoms with Crippen LogP contribution in [0.5, 0.6) is 11.5 Å². The van der Waals surface area contributed by atoms with Crippen LogP contribution < -0.4 is 25.4 Å². The minimum Gasteiger partial charge on any atom is -0.488 e. The van der Waals surface area contributed by atoms with Crippen molar-refractivity contribution in [3.05, 3.63) is 82.4 Å². The van der Waals surface area contributed by atoms with E-state index in [1.165, 1.54) is 6.92 Å². The number of carbonyl (C=O) groups excluding carboxylic acids is 2. The van der Waals surface area contributed by atoms with Crippen molar-refractivity contribution >= 4 is 52.3 Å². The maximum atomic E-state index is 13.2. The molecule has 7 nitrogen and oxygen atoms in total. The maximum Gasteiger partial charge on any atom is 0.308 e.